The molecule has 8 heteroatoms. The normalized spacial score (nSPS) is 18.0. The Morgan fingerprint density at radius 3 is 2.46 bits per heavy atom. The number of benzene rings is 1. The molecule has 1 aromatic heterocycles. The Hall–Kier alpha value is -2.77. The van der Waals surface area contributed by atoms with Gasteiger partial charge < -0.3 is 19.0 Å². The average Bonchev–Trinajstić information content (AvgIpc) is 3.36. The number of nitrogens with zero attached hydrogens (tertiary/aromatic N) is 3. The maximum absolute atomic E-state index is 12.4. The lowest BCUT2D eigenvalue weighted by atomic mass is 9.97. The van der Waals surface area contributed by atoms with E-state index < -0.39 is 5.76 Å². The fraction of sp³-hybridized carbons (Fsp3) is 0.550. The maximum atomic E-state index is 12.4. The number of oxazole rings is 1. The van der Waals surface area contributed by atoms with E-state index in [1.807, 2.05) is 15.9 Å². The van der Waals surface area contributed by atoms with Gasteiger partial charge in [0, 0.05) is 26.2 Å². The monoisotopic (exact) mass is 387 g/mol. The molecule has 2 aromatic rings. The zero-order valence-electron chi connectivity index (χ0n) is 15.8. The number of para-hydroxylation sites is 2. The van der Waals surface area contributed by atoms with Gasteiger partial charge >= 0.3 is 17.8 Å². The molecule has 0 unspecified atom stereocenters. The molecule has 150 valence electrons. The summed E-state index contributed by atoms with van der Waals surface area (Å²) in [5.74, 6) is -0.902. The molecule has 2 aliphatic heterocycles. The van der Waals surface area contributed by atoms with Crippen LogP contribution in [0.1, 0.15) is 25.7 Å². The predicted molar refractivity (Wildman–Crippen MR) is 102 cm³/mol. The number of amides is 2. The minimum absolute atomic E-state index is 0.0931. The summed E-state index contributed by atoms with van der Waals surface area (Å²) in [6.07, 6.45) is 3.38. The van der Waals surface area contributed by atoms with E-state index in [-0.39, 0.29) is 31.1 Å². The van der Waals surface area contributed by atoms with Gasteiger partial charge in [-0.2, -0.15) is 0 Å². The van der Waals surface area contributed by atoms with Crippen LogP contribution >= 0.6 is 0 Å². The van der Waals surface area contributed by atoms with Crippen LogP contribution in [-0.2, 0) is 16.1 Å². The average molecular weight is 387 g/mol. The Labute approximate surface area is 162 Å². The molecule has 0 aliphatic carbocycles. The maximum Gasteiger partial charge on any atom is 0.420 e. The van der Waals surface area contributed by atoms with E-state index in [0.29, 0.717) is 37.0 Å². The summed E-state index contributed by atoms with van der Waals surface area (Å²) >= 11 is 0. The molecule has 0 N–H and O–H groups in total. The number of esters is 1. The third kappa shape index (κ3) is 3.76. The molecular weight excluding hydrogens is 362 g/mol. The van der Waals surface area contributed by atoms with Gasteiger partial charge in [-0.1, -0.05) is 12.1 Å². The van der Waals surface area contributed by atoms with E-state index in [1.165, 1.54) is 4.57 Å². The highest BCUT2D eigenvalue weighted by Crippen LogP contribution is 2.21. The van der Waals surface area contributed by atoms with Crippen molar-refractivity contribution >= 4 is 23.1 Å². The van der Waals surface area contributed by atoms with Crippen molar-refractivity contribution in [2.45, 2.75) is 32.2 Å². The largest absolute Gasteiger partial charge is 0.464 e. The van der Waals surface area contributed by atoms with Crippen molar-refractivity contribution in [1.29, 1.82) is 0 Å². The Morgan fingerprint density at radius 2 is 1.71 bits per heavy atom. The molecule has 0 saturated carbocycles. The van der Waals surface area contributed by atoms with Crippen LogP contribution in [0.4, 0.5) is 4.79 Å². The molecule has 2 amide bonds. The van der Waals surface area contributed by atoms with Gasteiger partial charge in [0.15, 0.2) is 5.58 Å². The second-order valence-corrected chi connectivity index (χ2v) is 7.39. The molecule has 0 bridgehead atoms. The van der Waals surface area contributed by atoms with E-state index in [0.717, 1.165) is 25.9 Å². The van der Waals surface area contributed by atoms with Crippen LogP contribution in [0.5, 0.6) is 0 Å². The molecule has 3 heterocycles. The van der Waals surface area contributed by atoms with E-state index >= 15 is 0 Å². The number of carbonyl (C=O) groups is 2. The van der Waals surface area contributed by atoms with Crippen LogP contribution in [0.2, 0.25) is 0 Å². The van der Waals surface area contributed by atoms with Gasteiger partial charge in [-0.05, 0) is 37.8 Å². The molecule has 0 radical (unpaired) electrons. The molecule has 28 heavy (non-hydrogen) atoms. The lowest BCUT2D eigenvalue weighted by Crippen LogP contribution is -2.46. The second kappa shape index (κ2) is 8.08. The molecule has 2 aliphatic rings. The number of fused-ring (bicyclic) bond motifs is 1. The van der Waals surface area contributed by atoms with Crippen molar-refractivity contribution < 1.29 is 18.7 Å². The molecule has 1 aromatic carbocycles. The van der Waals surface area contributed by atoms with Crippen LogP contribution in [0.25, 0.3) is 11.1 Å². The van der Waals surface area contributed by atoms with E-state index in [9.17, 15) is 14.4 Å². The number of hydrogen-bond acceptors (Lipinski definition) is 5. The number of piperidine rings is 1. The van der Waals surface area contributed by atoms with Gasteiger partial charge in [0.05, 0.1) is 18.0 Å². The van der Waals surface area contributed by atoms with Crippen LogP contribution in [0.3, 0.4) is 0 Å². The summed E-state index contributed by atoms with van der Waals surface area (Å²) in [5, 5.41) is 0. The molecule has 0 spiro atoms. The van der Waals surface area contributed by atoms with Crippen molar-refractivity contribution in [2.24, 2.45) is 5.92 Å². The summed E-state index contributed by atoms with van der Waals surface area (Å²) in [6, 6.07) is 7.26. The Balaban J connectivity index is 1.25. The number of carbonyl (C=O) groups excluding carboxylic acids is 2. The third-order valence-corrected chi connectivity index (χ3v) is 5.61. The van der Waals surface area contributed by atoms with E-state index in [1.54, 1.807) is 18.2 Å². The first kappa shape index (κ1) is 18.6. The number of ether oxygens (including phenoxy) is 1. The van der Waals surface area contributed by atoms with Gasteiger partial charge in [0.1, 0.15) is 6.61 Å². The first-order chi connectivity index (χ1) is 13.6. The SMILES string of the molecule is O=C(OCCn1c(=O)oc2ccccc21)C1CCN(C(=O)N2CCCC2)CC1. The minimum atomic E-state index is -0.453. The number of likely N-dealkylation sites (tertiary alicyclic amines) is 2. The van der Waals surface area contributed by atoms with Gasteiger partial charge in [-0.25, -0.2) is 9.59 Å². The smallest absolute Gasteiger partial charge is 0.420 e. The predicted octanol–water partition coefficient (Wildman–Crippen LogP) is 2.07. The Bertz CT molecular complexity index is 904. The summed E-state index contributed by atoms with van der Waals surface area (Å²) < 4.78 is 12.0. The number of rotatable bonds is 4. The highest BCUT2D eigenvalue weighted by Gasteiger charge is 2.31. The first-order valence-corrected chi connectivity index (χ1v) is 9.92. The van der Waals surface area contributed by atoms with Crippen molar-refractivity contribution in [3.8, 4) is 0 Å². The van der Waals surface area contributed by atoms with Crippen LogP contribution < -0.4 is 5.76 Å². The van der Waals surface area contributed by atoms with E-state index in [2.05, 4.69) is 0 Å². The molecule has 2 fully saturated rings. The summed E-state index contributed by atoms with van der Waals surface area (Å²) in [4.78, 5) is 40.4. The lowest BCUT2D eigenvalue weighted by molar-refractivity contribution is -0.150. The zero-order chi connectivity index (χ0) is 19.5. The molecular formula is C20H25N3O5. The number of hydrogen-bond donors (Lipinski definition) is 0. The fourth-order valence-electron chi connectivity index (χ4n) is 4.00. The molecule has 2 saturated heterocycles. The number of urea groups is 1. The van der Waals surface area contributed by atoms with Crippen LogP contribution in [-0.4, -0.2) is 59.2 Å². The van der Waals surface area contributed by atoms with Crippen LogP contribution in [0, 0.1) is 5.92 Å². The highest BCUT2D eigenvalue weighted by molar-refractivity contribution is 5.76. The van der Waals surface area contributed by atoms with Crippen molar-refractivity contribution in [3.05, 3.63) is 34.8 Å². The Morgan fingerprint density at radius 1 is 1.04 bits per heavy atom. The number of aromatic nitrogens is 1. The quantitative estimate of drug-likeness (QED) is 0.750. The van der Waals surface area contributed by atoms with Gasteiger partial charge in [-0.3, -0.25) is 9.36 Å². The summed E-state index contributed by atoms with van der Waals surface area (Å²) in [6.45, 7) is 3.22. The molecule has 0 atom stereocenters. The van der Waals surface area contributed by atoms with E-state index in [4.69, 9.17) is 9.15 Å². The fourth-order valence-corrected chi connectivity index (χ4v) is 4.00. The topological polar surface area (TPSA) is 85.0 Å². The second-order valence-electron chi connectivity index (χ2n) is 7.39. The van der Waals surface area contributed by atoms with Gasteiger partial charge in [0.2, 0.25) is 0 Å². The van der Waals surface area contributed by atoms with Gasteiger partial charge in [0.25, 0.3) is 0 Å². The lowest BCUT2D eigenvalue weighted by Gasteiger charge is -2.33. The summed E-state index contributed by atoms with van der Waals surface area (Å²) in [7, 11) is 0. The third-order valence-electron chi connectivity index (χ3n) is 5.61. The van der Waals surface area contributed by atoms with Crippen molar-refractivity contribution in [3.63, 3.8) is 0 Å². The molecule has 4 rings (SSSR count). The molecule has 8 nitrogen and oxygen atoms in total. The zero-order valence-corrected chi connectivity index (χ0v) is 15.8. The standard InChI is InChI=1S/C20H25N3O5/c24-18(15-7-11-22(12-8-15)19(25)21-9-3-4-10-21)27-14-13-23-16-5-1-2-6-17(16)28-20(23)26/h1-2,5-6,15H,3-4,7-14H2. The Kier molecular flexibility index (Phi) is 5.36. The first-order valence-electron chi connectivity index (χ1n) is 9.92. The van der Waals surface area contributed by atoms with Crippen molar-refractivity contribution in [1.82, 2.24) is 14.4 Å². The van der Waals surface area contributed by atoms with Crippen molar-refractivity contribution in [2.75, 3.05) is 32.8 Å². The summed E-state index contributed by atoms with van der Waals surface area (Å²) in [5.41, 5.74) is 1.21. The highest BCUT2D eigenvalue weighted by atomic mass is 16.5. The van der Waals surface area contributed by atoms with Gasteiger partial charge in [-0.15, -0.1) is 0 Å². The van der Waals surface area contributed by atoms with Crippen LogP contribution in [0.15, 0.2) is 33.5 Å². The minimum Gasteiger partial charge on any atom is -0.464 e.